The summed E-state index contributed by atoms with van der Waals surface area (Å²) in [5.41, 5.74) is 6.98. The van der Waals surface area contributed by atoms with Crippen LogP contribution in [0.3, 0.4) is 0 Å². The molecule has 1 aliphatic heterocycles. The van der Waals surface area contributed by atoms with Crippen LogP contribution in [0.5, 0.6) is 5.75 Å². The number of rotatable bonds is 11. The number of nitrogens with two attached hydrogens (primary N) is 1. The standard InChI is InChI=1S/C27H39N3O4S2/c1-6-21-17-30(36(33)25-11-9-8-10-23(25)34-21)16-19-14-24(35-18(19)3)22(27(4,5)26(31)32)13-12-20(28)15-29-7-2/h8-11,14-15,21-22,29H,6-7,12-13,16-17,28H2,1-5H3,(H,31,32)/b20-15-/t21-,22?,36?/m1/s1. The number of hydrogen-bond donors (Lipinski definition) is 3. The van der Waals surface area contributed by atoms with E-state index in [0.29, 0.717) is 42.3 Å². The lowest BCUT2D eigenvalue weighted by molar-refractivity contribution is -0.148. The molecule has 1 aromatic heterocycles. The predicted molar refractivity (Wildman–Crippen MR) is 146 cm³/mol. The van der Waals surface area contributed by atoms with Gasteiger partial charge in [0, 0.05) is 47.2 Å². The lowest BCUT2D eigenvalue weighted by Crippen LogP contribution is -2.33. The summed E-state index contributed by atoms with van der Waals surface area (Å²) in [5, 5.41) is 13.1. The van der Waals surface area contributed by atoms with Gasteiger partial charge in [0.1, 0.15) is 22.8 Å². The fourth-order valence-electron chi connectivity index (χ4n) is 4.37. The predicted octanol–water partition coefficient (Wildman–Crippen LogP) is 5.14. The van der Waals surface area contributed by atoms with Gasteiger partial charge < -0.3 is 20.9 Å². The van der Waals surface area contributed by atoms with Crippen molar-refractivity contribution in [2.75, 3.05) is 13.1 Å². The van der Waals surface area contributed by atoms with Gasteiger partial charge in [-0.25, -0.2) is 8.51 Å². The minimum Gasteiger partial charge on any atom is -0.488 e. The third-order valence-corrected chi connectivity index (χ3v) is 9.46. The van der Waals surface area contributed by atoms with Crippen LogP contribution < -0.4 is 15.8 Å². The molecule has 198 valence electrons. The number of allylic oxidation sites excluding steroid dienone is 1. The van der Waals surface area contributed by atoms with Crippen molar-refractivity contribution in [3.05, 3.63) is 57.5 Å². The number of nitrogens with one attached hydrogen (secondary N) is 1. The number of carbonyl (C=O) groups is 1. The van der Waals surface area contributed by atoms with Crippen molar-refractivity contribution in [3.63, 3.8) is 0 Å². The van der Waals surface area contributed by atoms with E-state index in [1.54, 1.807) is 31.4 Å². The van der Waals surface area contributed by atoms with Crippen LogP contribution >= 0.6 is 11.3 Å². The number of fused-ring (bicyclic) bond motifs is 1. The molecule has 0 fully saturated rings. The molecule has 0 amide bonds. The summed E-state index contributed by atoms with van der Waals surface area (Å²) < 4.78 is 21.6. The number of aliphatic carboxylic acids is 1. The fourth-order valence-corrected chi connectivity index (χ4v) is 7.05. The van der Waals surface area contributed by atoms with Crippen LogP contribution in [0.4, 0.5) is 0 Å². The molecule has 2 heterocycles. The Morgan fingerprint density at radius 2 is 2.11 bits per heavy atom. The lowest BCUT2D eigenvalue weighted by Gasteiger charge is -2.30. The van der Waals surface area contributed by atoms with E-state index in [4.69, 9.17) is 10.5 Å². The first-order valence-corrected chi connectivity index (χ1v) is 14.4. The Balaban J connectivity index is 1.89. The number of carboxylic acids is 1. The molecule has 3 rings (SSSR count). The molecule has 9 heteroatoms. The van der Waals surface area contributed by atoms with Gasteiger partial charge in [0.15, 0.2) is 0 Å². The van der Waals surface area contributed by atoms with Crippen molar-refractivity contribution in [2.24, 2.45) is 11.1 Å². The van der Waals surface area contributed by atoms with Crippen molar-refractivity contribution in [1.82, 2.24) is 9.62 Å². The molecular formula is C27H39N3O4S2. The number of thiophene rings is 1. The molecule has 1 aromatic carbocycles. The van der Waals surface area contributed by atoms with Gasteiger partial charge in [-0.2, -0.15) is 0 Å². The minimum atomic E-state index is -1.35. The fraction of sp³-hybridized carbons (Fsp3) is 0.519. The average molecular weight is 534 g/mol. The minimum absolute atomic E-state index is 0.0544. The number of hydrogen-bond acceptors (Lipinski definition) is 6. The van der Waals surface area contributed by atoms with Crippen LogP contribution in [-0.2, 0) is 22.3 Å². The number of carboxylic acid groups (broad SMARTS) is 1. The summed E-state index contributed by atoms with van der Waals surface area (Å²) in [6, 6.07) is 9.63. The average Bonchev–Trinajstić information content (AvgIpc) is 3.13. The zero-order chi connectivity index (χ0) is 26.5. The first-order valence-electron chi connectivity index (χ1n) is 12.5. The number of nitrogens with zero attached hydrogens (tertiary/aromatic N) is 1. The van der Waals surface area contributed by atoms with Crippen LogP contribution in [0.2, 0.25) is 0 Å². The highest BCUT2D eigenvalue weighted by atomic mass is 32.2. The van der Waals surface area contributed by atoms with Gasteiger partial charge in [0.25, 0.3) is 0 Å². The molecule has 0 radical (unpaired) electrons. The second kappa shape index (κ2) is 12.3. The topological polar surface area (TPSA) is 105 Å². The lowest BCUT2D eigenvalue weighted by atomic mass is 9.75. The van der Waals surface area contributed by atoms with Crippen molar-refractivity contribution >= 4 is 28.3 Å². The zero-order valence-corrected chi connectivity index (χ0v) is 23.5. The van der Waals surface area contributed by atoms with E-state index < -0.39 is 22.4 Å². The largest absolute Gasteiger partial charge is 0.488 e. The summed E-state index contributed by atoms with van der Waals surface area (Å²) in [4.78, 5) is 15.0. The molecule has 4 N–H and O–H groups in total. The third kappa shape index (κ3) is 6.49. The molecule has 3 atom stereocenters. The highest BCUT2D eigenvalue weighted by Gasteiger charge is 2.39. The molecule has 36 heavy (non-hydrogen) atoms. The maximum absolute atomic E-state index is 13.5. The van der Waals surface area contributed by atoms with Crippen LogP contribution in [-0.4, -0.2) is 38.8 Å². The molecule has 0 saturated carbocycles. The van der Waals surface area contributed by atoms with Gasteiger partial charge in [-0.15, -0.1) is 11.3 Å². The quantitative estimate of drug-likeness (QED) is 0.370. The summed E-state index contributed by atoms with van der Waals surface area (Å²) in [6.45, 7) is 11.5. The number of ether oxygens (including phenoxy) is 1. The number of benzene rings is 1. The van der Waals surface area contributed by atoms with Gasteiger partial charge >= 0.3 is 5.97 Å². The Bertz CT molecular complexity index is 1110. The normalized spacial score (nSPS) is 19.8. The van der Waals surface area contributed by atoms with E-state index in [9.17, 15) is 14.1 Å². The molecule has 7 nitrogen and oxygen atoms in total. The van der Waals surface area contributed by atoms with Crippen LogP contribution in [0, 0.1) is 12.3 Å². The van der Waals surface area contributed by atoms with Crippen molar-refractivity contribution in [1.29, 1.82) is 0 Å². The highest BCUT2D eigenvalue weighted by Crippen LogP contribution is 2.44. The monoisotopic (exact) mass is 533 g/mol. The van der Waals surface area contributed by atoms with E-state index in [1.807, 2.05) is 35.5 Å². The summed E-state index contributed by atoms with van der Waals surface area (Å²) in [5.74, 6) is -0.356. The van der Waals surface area contributed by atoms with Gasteiger partial charge in [0.05, 0.1) is 10.3 Å². The Morgan fingerprint density at radius 1 is 1.39 bits per heavy atom. The van der Waals surface area contributed by atoms with Crippen LogP contribution in [0.15, 0.2) is 47.1 Å². The Morgan fingerprint density at radius 3 is 2.78 bits per heavy atom. The van der Waals surface area contributed by atoms with E-state index in [2.05, 4.69) is 25.2 Å². The van der Waals surface area contributed by atoms with Crippen LogP contribution in [0.1, 0.15) is 68.2 Å². The maximum atomic E-state index is 13.5. The molecule has 0 saturated heterocycles. The van der Waals surface area contributed by atoms with E-state index in [0.717, 1.165) is 28.3 Å². The molecule has 2 unspecified atom stereocenters. The van der Waals surface area contributed by atoms with Crippen molar-refractivity contribution < 1.29 is 18.8 Å². The summed E-state index contributed by atoms with van der Waals surface area (Å²) >= 11 is 1.63. The SMILES string of the molecule is CCN/C=C(\N)CCC(c1cc(CN2C[C@@H](CC)Oc3ccccc3S2=O)c(C)s1)C(C)(C)C(=O)O. The van der Waals surface area contributed by atoms with E-state index in [1.165, 1.54) is 0 Å². The van der Waals surface area contributed by atoms with Gasteiger partial charge in [-0.1, -0.05) is 19.1 Å². The second-order valence-corrected chi connectivity index (χ2v) is 12.5. The Labute approximate surface area is 221 Å². The first kappa shape index (κ1) is 28.2. The molecule has 0 aliphatic carbocycles. The number of para-hydroxylation sites is 1. The smallest absolute Gasteiger partial charge is 0.309 e. The first-order chi connectivity index (χ1) is 17.1. The Hall–Kier alpha value is -2.36. The van der Waals surface area contributed by atoms with Gasteiger partial charge in [0.2, 0.25) is 0 Å². The molecular weight excluding hydrogens is 494 g/mol. The van der Waals surface area contributed by atoms with Gasteiger partial charge in [-0.05, 0) is 70.7 Å². The van der Waals surface area contributed by atoms with Gasteiger partial charge in [-0.3, -0.25) is 4.79 Å². The Kier molecular flexibility index (Phi) is 9.60. The van der Waals surface area contributed by atoms with Crippen molar-refractivity contribution in [3.8, 4) is 5.75 Å². The highest BCUT2D eigenvalue weighted by molar-refractivity contribution is 7.82. The van der Waals surface area contributed by atoms with E-state index >= 15 is 0 Å². The summed E-state index contributed by atoms with van der Waals surface area (Å²) in [6.07, 6.45) is 3.78. The molecule has 0 spiro atoms. The maximum Gasteiger partial charge on any atom is 0.309 e. The molecule has 2 aromatic rings. The number of aryl methyl sites for hydroxylation is 1. The van der Waals surface area contributed by atoms with Crippen molar-refractivity contribution in [2.45, 2.75) is 77.3 Å². The third-order valence-electron chi connectivity index (χ3n) is 6.79. The zero-order valence-electron chi connectivity index (χ0n) is 21.9. The second-order valence-electron chi connectivity index (χ2n) is 9.79. The van der Waals surface area contributed by atoms with Crippen LogP contribution in [0.25, 0.3) is 0 Å². The van der Waals surface area contributed by atoms with E-state index in [-0.39, 0.29) is 12.0 Å². The molecule has 1 aliphatic rings. The molecule has 0 bridgehead atoms. The summed E-state index contributed by atoms with van der Waals surface area (Å²) in [7, 11) is -1.35.